The SMILES string of the molecule is CC(Sc1nc(N[C@@H](CO)CC(C)(C)F)c2sc(N)nc2n1)c1ccccc1. The zero-order chi connectivity index (χ0) is 20.3. The van der Waals surface area contributed by atoms with E-state index in [-0.39, 0.29) is 18.3 Å². The lowest BCUT2D eigenvalue weighted by Crippen LogP contribution is -2.31. The van der Waals surface area contributed by atoms with Crippen molar-refractivity contribution in [2.24, 2.45) is 0 Å². The molecular formula is C19H24FN5OS2. The van der Waals surface area contributed by atoms with Crippen LogP contribution < -0.4 is 11.1 Å². The van der Waals surface area contributed by atoms with E-state index in [0.29, 0.717) is 26.5 Å². The van der Waals surface area contributed by atoms with Crippen molar-refractivity contribution in [2.45, 2.75) is 49.3 Å². The number of hydrogen-bond acceptors (Lipinski definition) is 8. The standard InChI is InChI=1S/C19H24FN5OS2/c1-11(12-7-5-4-6-8-12)27-18-24-15(14-16(25-18)23-17(21)28-14)22-13(10-26)9-19(2,3)20/h4-8,11,13,26H,9-10H2,1-3H3,(H3,21,22,23,24,25)/t11?,13-/m1/s1. The van der Waals surface area contributed by atoms with E-state index in [1.807, 2.05) is 18.2 Å². The molecule has 0 aliphatic heterocycles. The summed E-state index contributed by atoms with van der Waals surface area (Å²) in [6, 6.07) is 9.60. The van der Waals surface area contributed by atoms with Crippen LogP contribution >= 0.6 is 23.1 Å². The van der Waals surface area contributed by atoms with Crippen molar-refractivity contribution in [1.82, 2.24) is 15.0 Å². The number of nitrogens with two attached hydrogens (primary N) is 1. The minimum Gasteiger partial charge on any atom is -0.394 e. The van der Waals surface area contributed by atoms with E-state index in [4.69, 9.17) is 5.73 Å². The zero-order valence-corrected chi connectivity index (χ0v) is 17.6. The Balaban J connectivity index is 1.90. The second-order valence-electron chi connectivity index (χ2n) is 7.18. The number of aliphatic hydroxyl groups is 1. The lowest BCUT2D eigenvalue weighted by atomic mass is 10.0. The average molecular weight is 422 g/mol. The summed E-state index contributed by atoms with van der Waals surface area (Å²) in [5, 5.41) is 13.9. The molecule has 28 heavy (non-hydrogen) atoms. The number of halogens is 1. The maximum Gasteiger partial charge on any atom is 0.192 e. The first-order valence-electron chi connectivity index (χ1n) is 8.97. The van der Waals surface area contributed by atoms with Gasteiger partial charge in [-0.05, 0) is 26.3 Å². The van der Waals surface area contributed by atoms with Crippen molar-refractivity contribution >= 4 is 44.4 Å². The number of fused-ring (bicyclic) bond motifs is 1. The summed E-state index contributed by atoms with van der Waals surface area (Å²) >= 11 is 2.78. The van der Waals surface area contributed by atoms with Crippen molar-refractivity contribution in [3.8, 4) is 0 Å². The van der Waals surface area contributed by atoms with Gasteiger partial charge in [0.2, 0.25) is 0 Å². The predicted octanol–water partition coefficient (Wildman–Crippen LogP) is 4.43. The molecular weight excluding hydrogens is 397 g/mol. The molecule has 0 amide bonds. The fraction of sp³-hybridized carbons (Fsp3) is 0.421. The summed E-state index contributed by atoms with van der Waals surface area (Å²) in [4.78, 5) is 13.4. The molecule has 0 fully saturated rings. The van der Waals surface area contributed by atoms with Gasteiger partial charge in [-0.1, -0.05) is 53.4 Å². The number of alkyl halides is 1. The number of thioether (sulfide) groups is 1. The van der Waals surface area contributed by atoms with Crippen molar-refractivity contribution in [3.63, 3.8) is 0 Å². The summed E-state index contributed by atoms with van der Waals surface area (Å²) < 4.78 is 14.8. The number of nitrogens with zero attached hydrogens (tertiary/aromatic N) is 3. The molecule has 0 aliphatic carbocycles. The van der Waals surface area contributed by atoms with Gasteiger partial charge in [-0.3, -0.25) is 0 Å². The van der Waals surface area contributed by atoms with Gasteiger partial charge in [0.1, 0.15) is 10.4 Å². The van der Waals surface area contributed by atoms with Gasteiger partial charge in [-0.25, -0.2) is 19.3 Å². The summed E-state index contributed by atoms with van der Waals surface area (Å²) in [6.45, 7) is 4.84. The molecule has 0 aliphatic rings. The third-order valence-electron chi connectivity index (χ3n) is 4.09. The van der Waals surface area contributed by atoms with E-state index in [1.54, 1.807) is 0 Å². The van der Waals surface area contributed by atoms with E-state index in [2.05, 4.69) is 39.3 Å². The van der Waals surface area contributed by atoms with Gasteiger partial charge in [0.05, 0.1) is 12.6 Å². The minimum absolute atomic E-state index is 0.140. The highest BCUT2D eigenvalue weighted by Gasteiger charge is 2.24. The second kappa shape index (κ2) is 8.59. The molecule has 2 heterocycles. The first kappa shape index (κ1) is 20.8. The molecule has 4 N–H and O–H groups in total. The molecule has 2 aromatic heterocycles. The van der Waals surface area contributed by atoms with Crippen LogP contribution in [0.25, 0.3) is 10.3 Å². The monoisotopic (exact) mass is 421 g/mol. The Labute approximate surface area is 171 Å². The van der Waals surface area contributed by atoms with E-state index in [9.17, 15) is 9.50 Å². The van der Waals surface area contributed by atoms with Crippen molar-refractivity contribution < 1.29 is 9.50 Å². The van der Waals surface area contributed by atoms with E-state index in [1.165, 1.54) is 36.9 Å². The lowest BCUT2D eigenvalue weighted by Gasteiger charge is -2.23. The van der Waals surface area contributed by atoms with E-state index >= 15 is 0 Å². The first-order valence-corrected chi connectivity index (χ1v) is 10.7. The van der Waals surface area contributed by atoms with Crippen LogP contribution in [0, 0.1) is 0 Å². The summed E-state index contributed by atoms with van der Waals surface area (Å²) in [6.07, 6.45) is 0.145. The zero-order valence-electron chi connectivity index (χ0n) is 16.0. The molecule has 3 aromatic rings. The molecule has 0 radical (unpaired) electrons. The molecule has 0 saturated heterocycles. The number of anilines is 2. The van der Waals surface area contributed by atoms with Crippen molar-refractivity contribution in [2.75, 3.05) is 17.7 Å². The number of thiazole rings is 1. The Morgan fingerprint density at radius 3 is 2.61 bits per heavy atom. The quantitative estimate of drug-likeness (QED) is 0.366. The highest BCUT2D eigenvalue weighted by atomic mass is 32.2. The van der Waals surface area contributed by atoms with Gasteiger partial charge in [0.25, 0.3) is 0 Å². The van der Waals surface area contributed by atoms with Crippen molar-refractivity contribution in [3.05, 3.63) is 35.9 Å². The number of hydrogen-bond donors (Lipinski definition) is 3. The van der Waals surface area contributed by atoms with Crippen LogP contribution in [0.3, 0.4) is 0 Å². The van der Waals surface area contributed by atoms with Crippen LogP contribution in [0.1, 0.15) is 38.0 Å². The van der Waals surface area contributed by atoms with Gasteiger partial charge in [0, 0.05) is 11.7 Å². The van der Waals surface area contributed by atoms with Gasteiger partial charge < -0.3 is 16.2 Å². The predicted molar refractivity (Wildman–Crippen MR) is 115 cm³/mol. The van der Waals surface area contributed by atoms with E-state index < -0.39 is 11.7 Å². The topological polar surface area (TPSA) is 97.0 Å². The second-order valence-corrected chi connectivity index (χ2v) is 9.52. The molecule has 1 unspecified atom stereocenters. The van der Waals surface area contributed by atoms with Crippen LogP contribution in [-0.2, 0) is 0 Å². The van der Waals surface area contributed by atoms with Crippen LogP contribution in [0.2, 0.25) is 0 Å². The lowest BCUT2D eigenvalue weighted by molar-refractivity contribution is 0.165. The van der Waals surface area contributed by atoms with Crippen LogP contribution in [0.4, 0.5) is 15.3 Å². The molecule has 6 nitrogen and oxygen atoms in total. The van der Waals surface area contributed by atoms with E-state index in [0.717, 1.165) is 5.56 Å². The minimum atomic E-state index is -1.42. The van der Waals surface area contributed by atoms with Crippen molar-refractivity contribution in [1.29, 1.82) is 0 Å². The average Bonchev–Trinajstić information content (AvgIpc) is 3.01. The molecule has 0 bridgehead atoms. The van der Waals surface area contributed by atoms with Gasteiger partial charge >= 0.3 is 0 Å². The Morgan fingerprint density at radius 1 is 1.25 bits per heavy atom. The maximum atomic E-state index is 14.1. The Morgan fingerprint density at radius 2 is 1.96 bits per heavy atom. The summed E-state index contributed by atoms with van der Waals surface area (Å²) in [7, 11) is 0. The summed E-state index contributed by atoms with van der Waals surface area (Å²) in [5.41, 5.74) is 6.11. The first-order chi connectivity index (χ1) is 13.2. The normalized spacial score (nSPS) is 14.2. The number of nitrogens with one attached hydrogen (secondary N) is 1. The number of nitrogen functional groups attached to an aromatic ring is 1. The van der Waals surface area contributed by atoms with Crippen LogP contribution in [0.5, 0.6) is 0 Å². The Hall–Kier alpha value is -1.97. The van der Waals surface area contributed by atoms with Crippen LogP contribution in [0.15, 0.2) is 35.5 Å². The largest absolute Gasteiger partial charge is 0.394 e. The van der Waals surface area contributed by atoms with Gasteiger partial charge in [0.15, 0.2) is 21.8 Å². The third kappa shape index (κ3) is 5.30. The number of aliphatic hydroxyl groups excluding tert-OH is 1. The smallest absolute Gasteiger partial charge is 0.192 e. The highest BCUT2D eigenvalue weighted by molar-refractivity contribution is 7.99. The molecule has 0 saturated carbocycles. The number of benzene rings is 1. The molecule has 9 heteroatoms. The molecule has 0 spiro atoms. The highest BCUT2D eigenvalue weighted by Crippen LogP contribution is 2.36. The third-order valence-corrected chi connectivity index (χ3v) is 5.99. The summed E-state index contributed by atoms with van der Waals surface area (Å²) in [5.74, 6) is 0.519. The molecule has 150 valence electrons. The van der Waals surface area contributed by atoms with Gasteiger partial charge in [-0.2, -0.15) is 0 Å². The fourth-order valence-corrected chi connectivity index (χ4v) is 4.48. The Kier molecular flexibility index (Phi) is 6.36. The Bertz CT molecular complexity index is 929. The maximum absolute atomic E-state index is 14.1. The number of rotatable bonds is 8. The molecule has 3 rings (SSSR count). The number of aromatic nitrogens is 3. The molecule has 1 aromatic carbocycles. The fourth-order valence-electron chi connectivity index (χ4n) is 2.86. The van der Waals surface area contributed by atoms with Crippen LogP contribution in [-0.4, -0.2) is 38.4 Å². The molecule has 2 atom stereocenters. The van der Waals surface area contributed by atoms with Gasteiger partial charge in [-0.15, -0.1) is 0 Å².